The first-order valence-corrected chi connectivity index (χ1v) is 8.21. The van der Waals surface area contributed by atoms with E-state index in [2.05, 4.69) is 0 Å². The SMILES string of the molecule is CN(C(=O)[C@@H]1CC[C@H](CN)O1)C1CCN(c2ccccc2F)C1=O. The number of carbonyl (C=O) groups excluding carboxylic acids is 2. The van der Waals surface area contributed by atoms with Crippen molar-refractivity contribution in [3.8, 4) is 0 Å². The lowest BCUT2D eigenvalue weighted by atomic mass is 10.1. The Balaban J connectivity index is 1.69. The summed E-state index contributed by atoms with van der Waals surface area (Å²) in [7, 11) is 1.61. The summed E-state index contributed by atoms with van der Waals surface area (Å²) >= 11 is 0. The minimum atomic E-state index is -0.586. The topological polar surface area (TPSA) is 75.9 Å². The number of halogens is 1. The van der Waals surface area contributed by atoms with Crippen LogP contribution in [0, 0.1) is 5.82 Å². The molecule has 0 spiro atoms. The molecule has 2 amide bonds. The van der Waals surface area contributed by atoms with Crippen LogP contribution < -0.4 is 10.6 Å². The fourth-order valence-electron chi connectivity index (χ4n) is 3.38. The summed E-state index contributed by atoms with van der Waals surface area (Å²) in [6, 6.07) is 5.58. The summed E-state index contributed by atoms with van der Waals surface area (Å²) in [6.07, 6.45) is 1.20. The van der Waals surface area contributed by atoms with Crippen LogP contribution in [-0.4, -0.2) is 55.1 Å². The van der Waals surface area contributed by atoms with E-state index in [0.717, 1.165) is 6.42 Å². The summed E-state index contributed by atoms with van der Waals surface area (Å²) in [4.78, 5) is 28.1. The number of nitrogens with two attached hydrogens (primary N) is 1. The van der Waals surface area contributed by atoms with Gasteiger partial charge < -0.3 is 20.3 Å². The monoisotopic (exact) mass is 335 g/mol. The maximum Gasteiger partial charge on any atom is 0.252 e. The second-order valence-electron chi connectivity index (χ2n) is 6.25. The molecule has 3 rings (SSSR count). The largest absolute Gasteiger partial charge is 0.364 e. The number of ether oxygens (including phenoxy) is 1. The van der Waals surface area contributed by atoms with Gasteiger partial charge in [-0.3, -0.25) is 9.59 Å². The van der Waals surface area contributed by atoms with Crippen molar-refractivity contribution in [3.05, 3.63) is 30.1 Å². The average molecular weight is 335 g/mol. The first-order chi connectivity index (χ1) is 11.5. The number of hydrogen-bond donors (Lipinski definition) is 1. The van der Waals surface area contributed by atoms with Gasteiger partial charge in [0.05, 0.1) is 11.8 Å². The molecule has 130 valence electrons. The van der Waals surface area contributed by atoms with Crippen molar-refractivity contribution in [1.82, 2.24) is 4.90 Å². The van der Waals surface area contributed by atoms with Crippen LogP contribution >= 0.6 is 0 Å². The van der Waals surface area contributed by atoms with Crippen LogP contribution in [-0.2, 0) is 14.3 Å². The Morgan fingerprint density at radius 3 is 2.79 bits per heavy atom. The number of nitrogens with zero attached hydrogens (tertiary/aromatic N) is 2. The third-order valence-electron chi connectivity index (χ3n) is 4.78. The smallest absolute Gasteiger partial charge is 0.252 e. The van der Waals surface area contributed by atoms with Crippen molar-refractivity contribution >= 4 is 17.5 Å². The fourth-order valence-corrected chi connectivity index (χ4v) is 3.38. The number of likely N-dealkylation sites (N-methyl/N-ethyl adjacent to an activating group) is 1. The number of hydrogen-bond acceptors (Lipinski definition) is 4. The Hall–Kier alpha value is -1.99. The first-order valence-electron chi connectivity index (χ1n) is 8.21. The van der Waals surface area contributed by atoms with E-state index in [-0.39, 0.29) is 23.6 Å². The molecule has 3 atom stereocenters. The first kappa shape index (κ1) is 16.9. The molecule has 0 bridgehead atoms. The van der Waals surface area contributed by atoms with E-state index in [1.165, 1.54) is 15.9 Å². The van der Waals surface area contributed by atoms with Crippen LogP contribution in [0.25, 0.3) is 0 Å². The van der Waals surface area contributed by atoms with Crippen LogP contribution in [0.15, 0.2) is 24.3 Å². The van der Waals surface area contributed by atoms with Gasteiger partial charge in [0, 0.05) is 20.1 Å². The molecule has 2 saturated heterocycles. The molecule has 0 aliphatic carbocycles. The molecule has 2 aliphatic heterocycles. The normalized spacial score (nSPS) is 26.9. The lowest BCUT2D eigenvalue weighted by Gasteiger charge is -2.26. The number of benzene rings is 1. The fraction of sp³-hybridized carbons (Fsp3) is 0.529. The molecule has 6 nitrogen and oxygen atoms in total. The number of anilines is 1. The summed E-state index contributed by atoms with van der Waals surface area (Å²) in [5.41, 5.74) is 5.82. The zero-order valence-electron chi connectivity index (χ0n) is 13.7. The Labute approximate surface area is 140 Å². The van der Waals surface area contributed by atoms with Crippen LogP contribution in [0.2, 0.25) is 0 Å². The van der Waals surface area contributed by atoms with Crippen molar-refractivity contribution in [2.75, 3.05) is 25.0 Å². The highest BCUT2D eigenvalue weighted by molar-refractivity contribution is 6.01. The van der Waals surface area contributed by atoms with Gasteiger partial charge in [-0.25, -0.2) is 4.39 Å². The van der Waals surface area contributed by atoms with E-state index in [0.29, 0.717) is 25.9 Å². The Morgan fingerprint density at radius 1 is 1.38 bits per heavy atom. The summed E-state index contributed by atoms with van der Waals surface area (Å²) < 4.78 is 19.5. The molecule has 0 radical (unpaired) electrons. The van der Waals surface area contributed by atoms with Gasteiger partial charge in [-0.15, -0.1) is 0 Å². The number of carbonyl (C=O) groups is 2. The van der Waals surface area contributed by atoms with E-state index in [1.807, 2.05) is 0 Å². The minimum absolute atomic E-state index is 0.0958. The van der Waals surface area contributed by atoms with Gasteiger partial charge in [-0.2, -0.15) is 0 Å². The van der Waals surface area contributed by atoms with Gasteiger partial charge in [0.25, 0.3) is 5.91 Å². The maximum atomic E-state index is 13.9. The molecular formula is C17H22FN3O3. The zero-order chi connectivity index (χ0) is 17.3. The van der Waals surface area contributed by atoms with E-state index in [9.17, 15) is 14.0 Å². The molecule has 7 heteroatoms. The van der Waals surface area contributed by atoms with Gasteiger partial charge in [-0.05, 0) is 31.4 Å². The number of para-hydroxylation sites is 1. The quantitative estimate of drug-likeness (QED) is 0.887. The Bertz CT molecular complexity index is 639. The minimum Gasteiger partial charge on any atom is -0.364 e. The Kier molecular flexibility index (Phi) is 4.82. The third kappa shape index (κ3) is 3.01. The summed E-state index contributed by atoms with van der Waals surface area (Å²) in [5, 5.41) is 0. The maximum absolute atomic E-state index is 13.9. The highest BCUT2D eigenvalue weighted by Gasteiger charge is 2.41. The molecule has 2 aliphatic rings. The highest BCUT2D eigenvalue weighted by Crippen LogP contribution is 2.28. The number of amides is 2. The number of rotatable bonds is 4. The molecule has 24 heavy (non-hydrogen) atoms. The summed E-state index contributed by atoms with van der Waals surface area (Å²) in [5.74, 6) is -0.908. The van der Waals surface area contributed by atoms with Crippen LogP contribution in [0.4, 0.5) is 10.1 Å². The highest BCUT2D eigenvalue weighted by atomic mass is 19.1. The van der Waals surface area contributed by atoms with Gasteiger partial charge in [0.1, 0.15) is 18.0 Å². The molecule has 2 N–H and O–H groups in total. The second-order valence-corrected chi connectivity index (χ2v) is 6.25. The van der Waals surface area contributed by atoms with Crippen molar-refractivity contribution in [2.45, 2.75) is 37.5 Å². The lowest BCUT2D eigenvalue weighted by molar-refractivity contribution is -0.146. The van der Waals surface area contributed by atoms with Crippen molar-refractivity contribution in [3.63, 3.8) is 0 Å². The lowest BCUT2D eigenvalue weighted by Crippen LogP contribution is -2.47. The molecule has 2 fully saturated rings. The summed E-state index contributed by atoms with van der Waals surface area (Å²) in [6.45, 7) is 0.774. The zero-order valence-corrected chi connectivity index (χ0v) is 13.7. The molecule has 0 aromatic heterocycles. The second kappa shape index (κ2) is 6.86. The van der Waals surface area contributed by atoms with E-state index >= 15 is 0 Å². The third-order valence-corrected chi connectivity index (χ3v) is 4.78. The average Bonchev–Trinajstić information content (AvgIpc) is 3.21. The van der Waals surface area contributed by atoms with Gasteiger partial charge in [0.15, 0.2) is 0 Å². The standard InChI is InChI=1S/C17H22FN3O3/c1-20(17(23)15-7-6-11(10-19)24-15)14-8-9-21(16(14)22)13-5-3-2-4-12(13)18/h2-5,11,14-15H,6-10,19H2,1H3/t11-,14?,15+/m1/s1. The van der Waals surface area contributed by atoms with Crippen LogP contribution in [0.1, 0.15) is 19.3 Å². The molecule has 0 saturated carbocycles. The van der Waals surface area contributed by atoms with Gasteiger partial charge >= 0.3 is 0 Å². The van der Waals surface area contributed by atoms with Crippen LogP contribution in [0.5, 0.6) is 0 Å². The van der Waals surface area contributed by atoms with Gasteiger partial charge in [0.2, 0.25) is 5.91 Å². The predicted molar refractivity (Wildman–Crippen MR) is 86.9 cm³/mol. The van der Waals surface area contributed by atoms with Crippen molar-refractivity contribution in [2.24, 2.45) is 5.73 Å². The van der Waals surface area contributed by atoms with E-state index < -0.39 is 18.0 Å². The molecule has 1 aromatic rings. The van der Waals surface area contributed by atoms with E-state index in [4.69, 9.17) is 10.5 Å². The van der Waals surface area contributed by atoms with Crippen molar-refractivity contribution in [1.29, 1.82) is 0 Å². The molecular weight excluding hydrogens is 313 g/mol. The predicted octanol–water partition coefficient (Wildman–Crippen LogP) is 0.896. The molecule has 2 heterocycles. The molecule has 1 unspecified atom stereocenters. The van der Waals surface area contributed by atoms with Crippen molar-refractivity contribution < 1.29 is 18.7 Å². The van der Waals surface area contributed by atoms with Gasteiger partial charge in [-0.1, -0.05) is 12.1 Å². The Morgan fingerprint density at radius 2 is 2.12 bits per heavy atom. The van der Waals surface area contributed by atoms with E-state index in [1.54, 1.807) is 25.2 Å². The molecule has 1 aromatic carbocycles. The van der Waals surface area contributed by atoms with Crippen LogP contribution in [0.3, 0.4) is 0 Å².